The van der Waals surface area contributed by atoms with Crippen molar-refractivity contribution in [1.82, 2.24) is 5.01 Å². The standard InChI is InChI=1S/C21H19F3N4O2S/c22-15-4-2-1-3-14(15)19(25)28-21(26)31-11-16(27-28)13-7-8-17(30-20(23)24)18(9-13)29-10-12-5-6-12/h1-4,7-9,12,20,25-26H,5-6,10-11H2. The zero-order chi connectivity index (χ0) is 22.0. The number of thioether (sulfide) groups is 1. The van der Waals surface area contributed by atoms with Crippen molar-refractivity contribution in [3.63, 3.8) is 0 Å². The van der Waals surface area contributed by atoms with Gasteiger partial charge in [0.25, 0.3) is 0 Å². The van der Waals surface area contributed by atoms with Crippen molar-refractivity contribution in [3.05, 3.63) is 59.4 Å². The van der Waals surface area contributed by atoms with E-state index in [1.165, 1.54) is 24.3 Å². The van der Waals surface area contributed by atoms with Gasteiger partial charge in [0.1, 0.15) is 5.82 Å². The maximum absolute atomic E-state index is 14.1. The van der Waals surface area contributed by atoms with Gasteiger partial charge >= 0.3 is 6.61 Å². The quantitative estimate of drug-likeness (QED) is 0.465. The lowest BCUT2D eigenvalue weighted by Crippen LogP contribution is -2.36. The molecule has 2 aliphatic rings. The van der Waals surface area contributed by atoms with E-state index in [1.807, 2.05) is 0 Å². The lowest BCUT2D eigenvalue weighted by atomic mass is 10.1. The number of nitrogens with zero attached hydrogens (tertiary/aromatic N) is 2. The molecular formula is C21H19F3N4O2S. The van der Waals surface area contributed by atoms with Crippen molar-refractivity contribution in [1.29, 1.82) is 10.8 Å². The van der Waals surface area contributed by atoms with Gasteiger partial charge in [0, 0.05) is 11.3 Å². The number of amidine groups is 2. The molecule has 0 bridgehead atoms. The van der Waals surface area contributed by atoms with Gasteiger partial charge < -0.3 is 9.47 Å². The summed E-state index contributed by atoms with van der Waals surface area (Å²) in [6.07, 6.45) is 2.09. The van der Waals surface area contributed by atoms with Crippen LogP contribution in [0.3, 0.4) is 0 Å². The van der Waals surface area contributed by atoms with E-state index >= 15 is 0 Å². The Hall–Kier alpha value is -3.01. The van der Waals surface area contributed by atoms with Gasteiger partial charge in [-0.1, -0.05) is 23.9 Å². The summed E-state index contributed by atoms with van der Waals surface area (Å²) in [5.74, 6) is 0.0214. The predicted octanol–water partition coefficient (Wildman–Crippen LogP) is 4.93. The SMILES string of the molecule is N=C1SCC(c2ccc(OC(F)F)c(OCC3CC3)c2)=NN1C(=N)c1ccccc1F. The van der Waals surface area contributed by atoms with Crippen LogP contribution in [0.1, 0.15) is 24.0 Å². The Balaban J connectivity index is 1.63. The first kappa shape index (κ1) is 21.2. The summed E-state index contributed by atoms with van der Waals surface area (Å²) in [7, 11) is 0. The highest BCUT2D eigenvalue weighted by atomic mass is 32.2. The number of hydrogen-bond acceptors (Lipinski definition) is 6. The molecule has 0 spiro atoms. The van der Waals surface area contributed by atoms with Gasteiger partial charge in [-0.2, -0.15) is 18.9 Å². The lowest BCUT2D eigenvalue weighted by Gasteiger charge is -2.26. The highest BCUT2D eigenvalue weighted by Crippen LogP contribution is 2.35. The Morgan fingerprint density at radius 2 is 1.97 bits per heavy atom. The number of benzene rings is 2. The average molecular weight is 448 g/mol. The molecule has 1 fully saturated rings. The molecule has 1 saturated carbocycles. The summed E-state index contributed by atoms with van der Waals surface area (Å²) in [5.41, 5.74) is 1.10. The molecule has 31 heavy (non-hydrogen) atoms. The Bertz CT molecular complexity index is 1040. The Morgan fingerprint density at radius 1 is 1.19 bits per heavy atom. The molecule has 1 aliphatic carbocycles. The highest BCUT2D eigenvalue weighted by molar-refractivity contribution is 8.14. The Kier molecular flexibility index (Phi) is 6.17. The largest absolute Gasteiger partial charge is 0.489 e. The molecular weight excluding hydrogens is 429 g/mol. The van der Waals surface area contributed by atoms with Crippen LogP contribution in [-0.4, -0.2) is 40.7 Å². The van der Waals surface area contributed by atoms with E-state index in [1.54, 1.807) is 18.2 Å². The maximum atomic E-state index is 14.1. The maximum Gasteiger partial charge on any atom is 0.387 e. The highest BCUT2D eigenvalue weighted by Gasteiger charge is 2.27. The molecule has 0 aromatic heterocycles. The van der Waals surface area contributed by atoms with Crippen molar-refractivity contribution >= 4 is 28.5 Å². The van der Waals surface area contributed by atoms with Gasteiger partial charge in [0.2, 0.25) is 0 Å². The lowest BCUT2D eigenvalue weighted by molar-refractivity contribution is -0.0515. The molecule has 2 aromatic rings. The zero-order valence-electron chi connectivity index (χ0n) is 16.3. The monoisotopic (exact) mass is 448 g/mol. The molecule has 0 amide bonds. The molecule has 0 radical (unpaired) electrons. The van der Waals surface area contributed by atoms with Gasteiger partial charge in [-0.15, -0.1) is 0 Å². The van der Waals surface area contributed by atoms with E-state index in [9.17, 15) is 13.2 Å². The Labute approximate surface area is 181 Å². The number of rotatable bonds is 7. The van der Waals surface area contributed by atoms with E-state index in [0.717, 1.165) is 29.6 Å². The van der Waals surface area contributed by atoms with Crippen LogP contribution in [0.15, 0.2) is 47.6 Å². The minimum absolute atomic E-state index is 0.0140. The molecule has 0 atom stereocenters. The van der Waals surface area contributed by atoms with Gasteiger partial charge in [-0.3, -0.25) is 10.8 Å². The fourth-order valence-corrected chi connectivity index (χ4v) is 3.69. The second kappa shape index (κ2) is 9.01. The molecule has 6 nitrogen and oxygen atoms in total. The number of alkyl halides is 2. The molecule has 2 aromatic carbocycles. The Morgan fingerprint density at radius 3 is 2.68 bits per heavy atom. The minimum Gasteiger partial charge on any atom is -0.489 e. The minimum atomic E-state index is -2.98. The van der Waals surface area contributed by atoms with E-state index in [4.69, 9.17) is 15.6 Å². The van der Waals surface area contributed by atoms with Crippen molar-refractivity contribution < 1.29 is 22.6 Å². The van der Waals surface area contributed by atoms with Crippen molar-refractivity contribution in [2.45, 2.75) is 19.5 Å². The molecule has 0 unspecified atom stereocenters. The van der Waals surface area contributed by atoms with Crippen LogP contribution in [0.2, 0.25) is 0 Å². The van der Waals surface area contributed by atoms with Crippen molar-refractivity contribution in [2.75, 3.05) is 12.4 Å². The summed E-state index contributed by atoms with van der Waals surface area (Å²) >= 11 is 1.13. The van der Waals surface area contributed by atoms with Crippen LogP contribution in [0.5, 0.6) is 11.5 Å². The van der Waals surface area contributed by atoms with Gasteiger partial charge in [0.15, 0.2) is 22.5 Å². The number of hydrogen-bond donors (Lipinski definition) is 2. The molecule has 10 heteroatoms. The van der Waals surface area contributed by atoms with E-state index in [2.05, 4.69) is 9.84 Å². The summed E-state index contributed by atoms with van der Waals surface area (Å²) < 4.78 is 49.9. The number of ether oxygens (including phenoxy) is 2. The van der Waals surface area contributed by atoms with Crippen LogP contribution in [0, 0.1) is 22.6 Å². The third kappa shape index (κ3) is 5.01. The summed E-state index contributed by atoms with van der Waals surface area (Å²) in [4.78, 5) is 0. The normalized spacial score (nSPS) is 16.3. The molecule has 1 heterocycles. The van der Waals surface area contributed by atoms with Crippen LogP contribution in [0.25, 0.3) is 0 Å². The molecule has 4 rings (SSSR count). The second-order valence-electron chi connectivity index (χ2n) is 7.08. The fraction of sp³-hybridized carbons (Fsp3) is 0.286. The van der Waals surface area contributed by atoms with Crippen LogP contribution in [0.4, 0.5) is 13.2 Å². The molecule has 0 saturated heterocycles. The van der Waals surface area contributed by atoms with E-state index in [0.29, 0.717) is 29.6 Å². The third-order valence-electron chi connectivity index (χ3n) is 4.76. The van der Waals surface area contributed by atoms with Crippen molar-refractivity contribution in [3.8, 4) is 11.5 Å². The summed E-state index contributed by atoms with van der Waals surface area (Å²) in [6, 6.07) is 10.3. The molecule has 162 valence electrons. The molecule has 2 N–H and O–H groups in total. The summed E-state index contributed by atoms with van der Waals surface area (Å²) in [6.45, 7) is -2.56. The fourth-order valence-electron chi connectivity index (χ4n) is 2.94. The topological polar surface area (TPSA) is 81.8 Å². The van der Waals surface area contributed by atoms with Gasteiger partial charge in [-0.05, 0) is 49.1 Å². The van der Waals surface area contributed by atoms with Gasteiger partial charge in [0.05, 0.1) is 17.9 Å². The first-order chi connectivity index (χ1) is 14.9. The smallest absolute Gasteiger partial charge is 0.387 e. The van der Waals surface area contributed by atoms with Crippen molar-refractivity contribution in [2.24, 2.45) is 11.0 Å². The van der Waals surface area contributed by atoms with E-state index < -0.39 is 12.4 Å². The van der Waals surface area contributed by atoms with Crippen LogP contribution < -0.4 is 9.47 Å². The average Bonchev–Trinajstić information content (AvgIpc) is 3.57. The van der Waals surface area contributed by atoms with E-state index in [-0.39, 0.29) is 28.1 Å². The first-order valence-electron chi connectivity index (χ1n) is 9.57. The second-order valence-corrected chi connectivity index (χ2v) is 8.04. The molecule has 1 aliphatic heterocycles. The number of halogens is 3. The third-order valence-corrected chi connectivity index (χ3v) is 5.63. The number of hydrazone groups is 1. The number of nitrogens with one attached hydrogen (secondary N) is 2. The van der Waals surface area contributed by atoms with Crippen LogP contribution in [-0.2, 0) is 0 Å². The first-order valence-corrected chi connectivity index (χ1v) is 10.6. The zero-order valence-corrected chi connectivity index (χ0v) is 17.1. The van der Waals surface area contributed by atoms with Crippen LogP contribution >= 0.6 is 11.8 Å². The predicted molar refractivity (Wildman–Crippen MR) is 113 cm³/mol. The van der Waals surface area contributed by atoms with Gasteiger partial charge in [-0.25, -0.2) is 4.39 Å². The summed E-state index contributed by atoms with van der Waals surface area (Å²) in [5, 5.41) is 21.8.